The lowest BCUT2D eigenvalue weighted by molar-refractivity contribution is 0.222. The van der Waals surface area contributed by atoms with Crippen LogP contribution in [0.4, 0.5) is 10.5 Å². The van der Waals surface area contributed by atoms with E-state index in [9.17, 15) is 4.79 Å². The Morgan fingerprint density at radius 1 is 1.28 bits per heavy atom. The zero-order valence-electron chi connectivity index (χ0n) is 9.97. The van der Waals surface area contributed by atoms with Crippen LogP contribution in [0.5, 0.6) is 0 Å². The molecule has 1 heterocycles. The van der Waals surface area contributed by atoms with Gasteiger partial charge in [-0.25, -0.2) is 4.79 Å². The molecule has 0 aliphatic carbocycles. The average Bonchev–Trinajstić information content (AvgIpc) is 2.92. The number of nitrogens with zero attached hydrogens (tertiary/aromatic N) is 2. The molecule has 18 heavy (non-hydrogen) atoms. The molecule has 2 rings (SSSR count). The van der Waals surface area contributed by atoms with Crippen molar-refractivity contribution in [3.05, 3.63) is 29.8 Å². The number of oxime groups is 1. The van der Waals surface area contributed by atoms with E-state index in [0.717, 1.165) is 25.9 Å². The maximum absolute atomic E-state index is 11.8. The number of rotatable bonds is 2. The highest BCUT2D eigenvalue weighted by Crippen LogP contribution is 2.13. The summed E-state index contributed by atoms with van der Waals surface area (Å²) in [5.41, 5.74) is 6.75. The van der Waals surface area contributed by atoms with Crippen LogP contribution in [0.3, 0.4) is 0 Å². The number of urea groups is 1. The fourth-order valence-electron chi connectivity index (χ4n) is 1.90. The van der Waals surface area contributed by atoms with E-state index in [1.165, 1.54) is 0 Å². The first-order valence-electron chi connectivity index (χ1n) is 5.84. The summed E-state index contributed by atoms with van der Waals surface area (Å²) in [6.07, 6.45) is 2.13. The number of carbonyl (C=O) groups excluding carboxylic acids is 1. The molecule has 0 bridgehead atoms. The van der Waals surface area contributed by atoms with E-state index in [1.54, 1.807) is 29.2 Å². The van der Waals surface area contributed by atoms with Crippen molar-refractivity contribution in [3.63, 3.8) is 0 Å². The number of likely N-dealkylation sites (tertiary alicyclic amines) is 1. The molecule has 1 fully saturated rings. The first-order valence-corrected chi connectivity index (χ1v) is 5.84. The third-order valence-electron chi connectivity index (χ3n) is 2.93. The van der Waals surface area contributed by atoms with Gasteiger partial charge in [-0.05, 0) is 37.1 Å². The lowest BCUT2D eigenvalue weighted by atomic mass is 10.2. The van der Waals surface area contributed by atoms with Gasteiger partial charge in [-0.15, -0.1) is 0 Å². The Morgan fingerprint density at radius 3 is 2.44 bits per heavy atom. The Balaban J connectivity index is 1.99. The van der Waals surface area contributed by atoms with Gasteiger partial charge in [-0.2, -0.15) is 0 Å². The highest BCUT2D eigenvalue weighted by molar-refractivity contribution is 5.97. The molecule has 6 heteroatoms. The molecule has 4 N–H and O–H groups in total. The van der Waals surface area contributed by atoms with Crippen LogP contribution in [-0.4, -0.2) is 35.1 Å². The molecule has 0 aromatic heterocycles. The highest BCUT2D eigenvalue weighted by Gasteiger charge is 2.17. The second-order valence-electron chi connectivity index (χ2n) is 4.19. The van der Waals surface area contributed by atoms with Gasteiger partial charge in [0.15, 0.2) is 5.84 Å². The number of carbonyl (C=O) groups is 1. The van der Waals surface area contributed by atoms with Gasteiger partial charge >= 0.3 is 6.03 Å². The second-order valence-corrected chi connectivity index (χ2v) is 4.19. The standard InChI is InChI=1S/C12H16N4O2/c13-11(15-18)9-3-5-10(6-4-9)14-12(17)16-7-1-2-8-16/h3-6,18H,1-2,7-8H2,(H2,13,15)(H,14,17). The van der Waals surface area contributed by atoms with Gasteiger partial charge < -0.3 is 21.2 Å². The summed E-state index contributed by atoms with van der Waals surface area (Å²) in [6.45, 7) is 1.63. The smallest absolute Gasteiger partial charge is 0.321 e. The average molecular weight is 248 g/mol. The molecule has 96 valence electrons. The van der Waals surface area contributed by atoms with Gasteiger partial charge in [0, 0.05) is 24.3 Å². The molecule has 1 aliphatic heterocycles. The Hall–Kier alpha value is -2.24. The van der Waals surface area contributed by atoms with Crippen LogP contribution >= 0.6 is 0 Å². The monoisotopic (exact) mass is 248 g/mol. The molecular weight excluding hydrogens is 232 g/mol. The minimum absolute atomic E-state index is 0.0485. The first-order chi connectivity index (χ1) is 8.70. The van der Waals surface area contributed by atoms with Crippen molar-refractivity contribution in [2.24, 2.45) is 10.9 Å². The summed E-state index contributed by atoms with van der Waals surface area (Å²) < 4.78 is 0. The number of amidine groups is 1. The van der Waals surface area contributed by atoms with Crippen molar-refractivity contribution >= 4 is 17.6 Å². The molecule has 1 aromatic rings. The Labute approximate surface area is 105 Å². The van der Waals surface area contributed by atoms with Crippen LogP contribution in [0.15, 0.2) is 29.4 Å². The number of hydrogen-bond acceptors (Lipinski definition) is 3. The van der Waals surface area contributed by atoms with Crippen molar-refractivity contribution in [1.29, 1.82) is 0 Å². The first kappa shape index (κ1) is 12.2. The lowest BCUT2D eigenvalue weighted by Gasteiger charge is -2.16. The molecule has 1 saturated heterocycles. The number of hydrogen-bond donors (Lipinski definition) is 3. The zero-order valence-corrected chi connectivity index (χ0v) is 9.97. The Morgan fingerprint density at radius 2 is 1.89 bits per heavy atom. The Bertz CT molecular complexity index is 450. The molecule has 0 unspecified atom stereocenters. The third kappa shape index (κ3) is 2.71. The maximum atomic E-state index is 11.8. The molecule has 1 aliphatic rings. The fraction of sp³-hybridized carbons (Fsp3) is 0.333. The second kappa shape index (κ2) is 5.39. The number of nitrogens with one attached hydrogen (secondary N) is 1. The van der Waals surface area contributed by atoms with Crippen LogP contribution in [-0.2, 0) is 0 Å². The minimum Gasteiger partial charge on any atom is -0.409 e. The lowest BCUT2D eigenvalue weighted by Crippen LogP contribution is -2.32. The summed E-state index contributed by atoms with van der Waals surface area (Å²) in [7, 11) is 0. The normalized spacial score (nSPS) is 15.8. The van der Waals surface area contributed by atoms with Crippen LogP contribution in [0.1, 0.15) is 18.4 Å². The van der Waals surface area contributed by atoms with Crippen molar-refractivity contribution in [2.75, 3.05) is 18.4 Å². The van der Waals surface area contributed by atoms with E-state index in [4.69, 9.17) is 10.9 Å². The van der Waals surface area contributed by atoms with Crippen LogP contribution in [0.25, 0.3) is 0 Å². The zero-order chi connectivity index (χ0) is 13.0. The SMILES string of the molecule is NC(=NO)c1ccc(NC(=O)N2CCCC2)cc1. The van der Waals surface area contributed by atoms with Gasteiger partial charge in [-0.1, -0.05) is 5.16 Å². The van der Waals surface area contributed by atoms with Crippen molar-refractivity contribution in [1.82, 2.24) is 4.90 Å². The molecule has 0 radical (unpaired) electrons. The van der Waals surface area contributed by atoms with E-state index in [1.807, 2.05) is 0 Å². The molecule has 1 aromatic carbocycles. The summed E-state index contributed by atoms with van der Waals surface area (Å²) in [6, 6.07) is 6.75. The van der Waals surface area contributed by atoms with Crippen molar-refractivity contribution < 1.29 is 10.0 Å². The van der Waals surface area contributed by atoms with Crippen molar-refractivity contribution in [3.8, 4) is 0 Å². The van der Waals surface area contributed by atoms with Gasteiger partial charge in [0.1, 0.15) is 0 Å². The number of anilines is 1. The minimum atomic E-state index is -0.0796. The number of nitrogens with two attached hydrogens (primary N) is 1. The molecule has 0 atom stereocenters. The maximum Gasteiger partial charge on any atom is 0.321 e. The quantitative estimate of drug-likeness (QED) is 0.320. The number of benzene rings is 1. The van der Waals surface area contributed by atoms with Crippen LogP contribution < -0.4 is 11.1 Å². The summed E-state index contributed by atoms with van der Waals surface area (Å²) in [4.78, 5) is 13.6. The van der Waals surface area contributed by atoms with Gasteiger partial charge in [-0.3, -0.25) is 0 Å². The molecule has 0 spiro atoms. The van der Waals surface area contributed by atoms with Crippen LogP contribution in [0.2, 0.25) is 0 Å². The van der Waals surface area contributed by atoms with Gasteiger partial charge in [0.2, 0.25) is 0 Å². The Kier molecular flexibility index (Phi) is 3.66. The number of amides is 2. The van der Waals surface area contributed by atoms with Crippen LogP contribution in [0, 0.1) is 0 Å². The predicted octanol–water partition coefficient (Wildman–Crippen LogP) is 1.41. The predicted molar refractivity (Wildman–Crippen MR) is 68.8 cm³/mol. The van der Waals surface area contributed by atoms with E-state index < -0.39 is 0 Å². The van der Waals surface area contributed by atoms with Crippen molar-refractivity contribution in [2.45, 2.75) is 12.8 Å². The topological polar surface area (TPSA) is 91.0 Å². The van der Waals surface area contributed by atoms with Gasteiger partial charge in [0.25, 0.3) is 0 Å². The molecule has 0 saturated carbocycles. The third-order valence-corrected chi connectivity index (χ3v) is 2.93. The van der Waals surface area contributed by atoms with E-state index in [2.05, 4.69) is 10.5 Å². The fourth-order valence-corrected chi connectivity index (χ4v) is 1.90. The molecule has 2 amide bonds. The van der Waals surface area contributed by atoms with E-state index >= 15 is 0 Å². The summed E-state index contributed by atoms with van der Waals surface area (Å²) >= 11 is 0. The molecule has 6 nitrogen and oxygen atoms in total. The summed E-state index contributed by atoms with van der Waals surface area (Å²) in [5, 5.41) is 14.3. The summed E-state index contributed by atoms with van der Waals surface area (Å²) in [5.74, 6) is 0.0485. The van der Waals surface area contributed by atoms with Gasteiger partial charge in [0.05, 0.1) is 0 Å². The van der Waals surface area contributed by atoms with E-state index in [-0.39, 0.29) is 11.9 Å². The highest BCUT2D eigenvalue weighted by atomic mass is 16.4. The van der Waals surface area contributed by atoms with E-state index in [0.29, 0.717) is 11.3 Å². The largest absolute Gasteiger partial charge is 0.409 e. The molecular formula is C12H16N4O2.